The maximum Gasteiger partial charge on any atom is 0.330 e. The second kappa shape index (κ2) is 12.9. The fourth-order valence-corrected chi connectivity index (χ4v) is 3.14. The minimum atomic E-state index is -2.78. The smallest absolute Gasteiger partial charge is 0.309 e. The largest absolute Gasteiger partial charge is 0.330 e. The minimum absolute atomic E-state index is 0.454. The summed E-state index contributed by atoms with van der Waals surface area (Å²) in [5.74, 6) is 0. The molecular formula is C15H31O3P. The van der Waals surface area contributed by atoms with E-state index in [1.165, 1.54) is 32.1 Å². The zero-order valence-electron chi connectivity index (χ0n) is 12.7. The third-order valence-corrected chi connectivity index (χ3v) is 5.06. The van der Waals surface area contributed by atoms with E-state index in [2.05, 4.69) is 6.58 Å². The summed E-state index contributed by atoms with van der Waals surface area (Å²) >= 11 is 0. The van der Waals surface area contributed by atoms with Crippen LogP contribution in [0.5, 0.6) is 0 Å². The monoisotopic (exact) mass is 290 g/mol. The summed E-state index contributed by atoms with van der Waals surface area (Å²) in [6.07, 6.45) is 12.1. The van der Waals surface area contributed by atoms with E-state index in [1.807, 2.05) is 19.9 Å². The minimum Gasteiger partial charge on any atom is -0.309 e. The Balaban J connectivity index is 3.35. The average Bonchev–Trinajstić information content (AvgIpc) is 2.41. The Bertz CT molecular complexity index is 254. The lowest BCUT2D eigenvalue weighted by Gasteiger charge is -2.15. The number of allylic oxidation sites excluding steroid dienone is 1. The van der Waals surface area contributed by atoms with Gasteiger partial charge in [0.25, 0.3) is 0 Å². The van der Waals surface area contributed by atoms with Gasteiger partial charge in [-0.25, -0.2) is 0 Å². The van der Waals surface area contributed by atoms with Crippen molar-refractivity contribution < 1.29 is 13.6 Å². The summed E-state index contributed by atoms with van der Waals surface area (Å²) in [4.78, 5) is 0. The number of hydrogen-bond donors (Lipinski definition) is 0. The molecule has 0 aliphatic rings. The van der Waals surface area contributed by atoms with E-state index in [9.17, 15) is 4.57 Å². The molecule has 0 bridgehead atoms. The fraction of sp³-hybridized carbons (Fsp3) is 0.867. The number of unbranched alkanes of at least 4 members (excludes halogenated alkanes) is 7. The Morgan fingerprint density at radius 2 is 1.53 bits per heavy atom. The summed E-state index contributed by atoms with van der Waals surface area (Å²) in [6.45, 7) is 8.42. The molecule has 0 aromatic heterocycles. The second-order valence-electron chi connectivity index (χ2n) is 4.73. The highest BCUT2D eigenvalue weighted by atomic mass is 31.2. The third-order valence-electron chi connectivity index (χ3n) is 3.05. The summed E-state index contributed by atoms with van der Waals surface area (Å²) in [5, 5.41) is 0. The molecule has 0 rings (SSSR count). The number of rotatable bonds is 14. The van der Waals surface area contributed by atoms with Crippen molar-refractivity contribution in [2.75, 3.05) is 19.4 Å². The van der Waals surface area contributed by atoms with Gasteiger partial charge in [0.1, 0.15) is 0 Å². The zero-order chi connectivity index (χ0) is 14.4. The van der Waals surface area contributed by atoms with Gasteiger partial charge in [-0.2, -0.15) is 0 Å². The Labute approximate surface area is 119 Å². The molecule has 0 heterocycles. The molecule has 0 radical (unpaired) electrons. The molecule has 0 aliphatic heterocycles. The first-order valence-corrected chi connectivity index (χ1v) is 9.40. The van der Waals surface area contributed by atoms with Crippen LogP contribution in [-0.4, -0.2) is 19.4 Å². The van der Waals surface area contributed by atoms with Crippen LogP contribution < -0.4 is 0 Å². The van der Waals surface area contributed by atoms with Gasteiger partial charge in [0.05, 0.1) is 13.2 Å². The van der Waals surface area contributed by atoms with Crippen LogP contribution in [0, 0.1) is 0 Å². The first kappa shape index (κ1) is 18.9. The van der Waals surface area contributed by atoms with Crippen molar-refractivity contribution in [3.8, 4) is 0 Å². The van der Waals surface area contributed by atoms with E-state index in [1.54, 1.807) is 0 Å². The van der Waals surface area contributed by atoms with Crippen molar-refractivity contribution in [1.82, 2.24) is 0 Å². The summed E-state index contributed by atoms with van der Waals surface area (Å²) in [6, 6.07) is 0. The molecule has 3 nitrogen and oxygen atoms in total. The van der Waals surface area contributed by atoms with Gasteiger partial charge in [0.2, 0.25) is 0 Å². The molecule has 4 heteroatoms. The second-order valence-corrected chi connectivity index (χ2v) is 7.10. The van der Waals surface area contributed by atoms with Crippen LogP contribution >= 0.6 is 7.60 Å². The Hall–Kier alpha value is -0.110. The van der Waals surface area contributed by atoms with Gasteiger partial charge in [-0.05, 0) is 26.2 Å². The molecule has 0 aliphatic carbocycles. The van der Waals surface area contributed by atoms with Gasteiger partial charge < -0.3 is 9.05 Å². The maximum absolute atomic E-state index is 12.0. The van der Waals surface area contributed by atoms with Crippen molar-refractivity contribution in [3.05, 3.63) is 12.7 Å². The van der Waals surface area contributed by atoms with E-state index in [0.29, 0.717) is 19.4 Å². The van der Waals surface area contributed by atoms with E-state index in [-0.39, 0.29) is 0 Å². The van der Waals surface area contributed by atoms with E-state index in [4.69, 9.17) is 9.05 Å². The third kappa shape index (κ3) is 11.4. The van der Waals surface area contributed by atoms with Crippen molar-refractivity contribution in [2.24, 2.45) is 0 Å². The summed E-state index contributed by atoms with van der Waals surface area (Å²) < 4.78 is 22.6. The number of hydrogen-bond acceptors (Lipinski definition) is 3. The standard InChI is InChI=1S/C15H31O3P/c1-4-7-8-9-10-11-12-13-14-15-18-19(16,6-3)17-5-2/h4H,1,5-15H2,2-3H3. The first-order chi connectivity index (χ1) is 9.18. The van der Waals surface area contributed by atoms with Gasteiger partial charge in [0.15, 0.2) is 0 Å². The van der Waals surface area contributed by atoms with E-state index >= 15 is 0 Å². The lowest BCUT2D eigenvalue weighted by molar-refractivity contribution is 0.209. The van der Waals surface area contributed by atoms with Crippen molar-refractivity contribution in [2.45, 2.75) is 65.2 Å². The fourth-order valence-electron chi connectivity index (χ4n) is 1.89. The molecule has 1 atom stereocenters. The SMILES string of the molecule is C=CCCCCCCCCCOP(=O)(CC)OCC. The summed E-state index contributed by atoms with van der Waals surface area (Å²) in [7, 11) is -2.78. The van der Waals surface area contributed by atoms with E-state index < -0.39 is 7.60 Å². The average molecular weight is 290 g/mol. The van der Waals surface area contributed by atoms with Crippen LogP contribution in [0.15, 0.2) is 12.7 Å². The molecule has 0 amide bonds. The van der Waals surface area contributed by atoms with Crippen LogP contribution in [0.4, 0.5) is 0 Å². The van der Waals surface area contributed by atoms with Crippen molar-refractivity contribution in [1.29, 1.82) is 0 Å². The van der Waals surface area contributed by atoms with Crippen molar-refractivity contribution >= 4 is 7.60 Å². The van der Waals surface area contributed by atoms with Gasteiger partial charge in [-0.3, -0.25) is 4.57 Å². The summed E-state index contributed by atoms with van der Waals surface area (Å²) in [5.41, 5.74) is 0. The van der Waals surface area contributed by atoms with E-state index in [0.717, 1.165) is 19.3 Å². The van der Waals surface area contributed by atoms with Crippen molar-refractivity contribution in [3.63, 3.8) is 0 Å². The van der Waals surface area contributed by atoms with Gasteiger partial charge in [-0.1, -0.05) is 45.1 Å². The Kier molecular flexibility index (Phi) is 12.8. The molecule has 0 aromatic rings. The normalized spacial score (nSPS) is 14.2. The van der Waals surface area contributed by atoms with Crippen LogP contribution in [0.2, 0.25) is 0 Å². The highest BCUT2D eigenvalue weighted by Gasteiger charge is 2.20. The zero-order valence-corrected chi connectivity index (χ0v) is 13.6. The Morgan fingerprint density at radius 1 is 0.947 bits per heavy atom. The Morgan fingerprint density at radius 3 is 2.05 bits per heavy atom. The van der Waals surface area contributed by atoms with Crippen LogP contribution in [-0.2, 0) is 13.6 Å². The highest BCUT2D eigenvalue weighted by molar-refractivity contribution is 7.53. The van der Waals surface area contributed by atoms with Crippen LogP contribution in [0.3, 0.4) is 0 Å². The molecule has 19 heavy (non-hydrogen) atoms. The predicted octanol–water partition coefficient (Wildman–Crippen LogP) is 5.56. The first-order valence-electron chi connectivity index (χ1n) is 7.67. The maximum atomic E-state index is 12.0. The van der Waals surface area contributed by atoms with Gasteiger partial charge >= 0.3 is 7.60 Å². The lowest BCUT2D eigenvalue weighted by Crippen LogP contribution is -1.99. The lowest BCUT2D eigenvalue weighted by atomic mass is 10.1. The molecule has 0 N–H and O–H groups in total. The highest BCUT2D eigenvalue weighted by Crippen LogP contribution is 2.47. The topological polar surface area (TPSA) is 35.5 Å². The van der Waals surface area contributed by atoms with Gasteiger partial charge in [0, 0.05) is 6.16 Å². The predicted molar refractivity (Wildman–Crippen MR) is 82.9 cm³/mol. The molecule has 0 saturated carbocycles. The molecule has 114 valence electrons. The molecule has 0 saturated heterocycles. The van der Waals surface area contributed by atoms with Crippen LogP contribution in [0.1, 0.15) is 65.2 Å². The van der Waals surface area contributed by atoms with Crippen LogP contribution in [0.25, 0.3) is 0 Å². The molecule has 0 spiro atoms. The van der Waals surface area contributed by atoms with Gasteiger partial charge in [-0.15, -0.1) is 6.58 Å². The molecule has 1 unspecified atom stereocenters. The molecule has 0 fully saturated rings. The quantitative estimate of drug-likeness (QED) is 0.239. The molecule has 0 aromatic carbocycles. The molecular weight excluding hydrogens is 259 g/mol.